The molecule has 5 rings (SSSR count). The molecular weight excluding hydrogens is 503 g/mol. The Morgan fingerprint density at radius 2 is 1.92 bits per heavy atom. The minimum Gasteiger partial charge on any atom is -0.491 e. The molecule has 0 unspecified atom stereocenters. The van der Waals surface area contributed by atoms with E-state index in [1.807, 2.05) is 13.1 Å². The lowest BCUT2D eigenvalue weighted by molar-refractivity contribution is -0.139. The minimum absolute atomic E-state index is 0.00271. The standard InChI is InChI=1S/C25H24F3N7O3/c1-33-7-5-24(6-8-33)22(36)35(23(37)32-24)9-10-38-20-4-3-15(11-16(20)25(26,27)28)17-12-19-21(18(13-29)31-17)30-14-34(19)2/h3-4,11-12,14H,5-10H2,1-2H3,(H,32,37). The van der Waals surface area contributed by atoms with Crippen molar-refractivity contribution in [1.82, 2.24) is 29.7 Å². The van der Waals surface area contributed by atoms with Gasteiger partial charge in [-0.1, -0.05) is 0 Å². The normalized spacial score (nSPS) is 17.7. The molecule has 0 bridgehead atoms. The molecule has 2 aliphatic rings. The summed E-state index contributed by atoms with van der Waals surface area (Å²) in [6, 6.07) is 6.42. The van der Waals surface area contributed by atoms with E-state index in [-0.39, 0.29) is 36.0 Å². The molecule has 2 fully saturated rings. The van der Waals surface area contributed by atoms with Crippen LogP contribution in [0.5, 0.6) is 5.75 Å². The van der Waals surface area contributed by atoms with Crippen LogP contribution in [-0.2, 0) is 18.0 Å². The number of fused-ring (bicyclic) bond motifs is 1. The number of amides is 3. The number of piperidine rings is 1. The van der Waals surface area contributed by atoms with E-state index in [2.05, 4.69) is 20.2 Å². The van der Waals surface area contributed by atoms with E-state index in [0.29, 0.717) is 37.0 Å². The molecule has 198 valence electrons. The van der Waals surface area contributed by atoms with Gasteiger partial charge in [0, 0.05) is 25.7 Å². The van der Waals surface area contributed by atoms with E-state index in [0.717, 1.165) is 11.0 Å². The molecule has 2 aliphatic heterocycles. The van der Waals surface area contributed by atoms with Crippen molar-refractivity contribution in [3.8, 4) is 23.1 Å². The number of imide groups is 1. The largest absolute Gasteiger partial charge is 0.491 e. The quantitative estimate of drug-likeness (QED) is 0.507. The SMILES string of the molecule is CN1CCC2(CC1)NC(=O)N(CCOc1ccc(-c3cc4c(ncn4C)c(C#N)n3)cc1C(F)(F)F)C2=O. The fraction of sp³-hybridized carbons (Fsp3) is 0.400. The smallest absolute Gasteiger partial charge is 0.419 e. The average molecular weight is 528 g/mol. The number of aryl methyl sites for hydroxylation is 1. The number of rotatable bonds is 5. The van der Waals surface area contributed by atoms with Crippen LogP contribution in [-0.4, -0.2) is 75.1 Å². The van der Waals surface area contributed by atoms with Crippen molar-refractivity contribution in [2.75, 3.05) is 33.3 Å². The number of carbonyl (C=O) groups is 2. The van der Waals surface area contributed by atoms with E-state index >= 15 is 0 Å². The number of carbonyl (C=O) groups excluding carboxylic acids is 2. The van der Waals surface area contributed by atoms with Gasteiger partial charge in [-0.05, 0) is 44.2 Å². The molecule has 3 amide bonds. The molecule has 10 nitrogen and oxygen atoms in total. The van der Waals surface area contributed by atoms with Gasteiger partial charge in [0.25, 0.3) is 5.91 Å². The zero-order valence-corrected chi connectivity index (χ0v) is 20.7. The van der Waals surface area contributed by atoms with E-state index < -0.39 is 29.1 Å². The summed E-state index contributed by atoms with van der Waals surface area (Å²) < 4.78 is 49.0. The number of imidazole rings is 1. The van der Waals surface area contributed by atoms with E-state index in [1.165, 1.54) is 18.5 Å². The number of alkyl halides is 3. The molecule has 0 saturated carbocycles. The molecule has 4 heterocycles. The third-order valence-electron chi connectivity index (χ3n) is 7.06. The molecule has 0 radical (unpaired) electrons. The Kier molecular flexibility index (Phi) is 6.22. The van der Waals surface area contributed by atoms with Gasteiger partial charge in [0.15, 0.2) is 5.69 Å². The Balaban J connectivity index is 1.36. The maximum Gasteiger partial charge on any atom is 0.419 e. The van der Waals surface area contributed by atoms with Crippen LogP contribution in [0.1, 0.15) is 24.1 Å². The Bertz CT molecular complexity index is 1470. The van der Waals surface area contributed by atoms with Crippen molar-refractivity contribution < 1.29 is 27.5 Å². The van der Waals surface area contributed by atoms with Crippen LogP contribution in [0.3, 0.4) is 0 Å². The highest BCUT2D eigenvalue weighted by molar-refractivity contribution is 6.07. The molecule has 13 heteroatoms. The highest BCUT2D eigenvalue weighted by Crippen LogP contribution is 2.39. The first kappa shape index (κ1) is 25.5. The van der Waals surface area contributed by atoms with Gasteiger partial charge < -0.3 is 19.5 Å². The summed E-state index contributed by atoms with van der Waals surface area (Å²) in [5.74, 6) is -0.819. The van der Waals surface area contributed by atoms with Gasteiger partial charge in [-0.15, -0.1) is 0 Å². The number of benzene rings is 1. The molecule has 0 aliphatic carbocycles. The summed E-state index contributed by atoms with van der Waals surface area (Å²) in [4.78, 5) is 36.8. The first-order valence-corrected chi connectivity index (χ1v) is 11.9. The molecule has 1 spiro atoms. The van der Waals surface area contributed by atoms with Crippen molar-refractivity contribution in [3.05, 3.63) is 41.9 Å². The molecular formula is C25H24F3N7O3. The van der Waals surface area contributed by atoms with Gasteiger partial charge in [-0.2, -0.15) is 18.4 Å². The third-order valence-corrected chi connectivity index (χ3v) is 7.06. The maximum absolute atomic E-state index is 14.0. The Hall–Kier alpha value is -4.18. The first-order valence-electron chi connectivity index (χ1n) is 11.9. The molecule has 0 atom stereocenters. The summed E-state index contributed by atoms with van der Waals surface area (Å²) in [7, 11) is 3.64. The number of nitrogens with zero attached hydrogens (tertiary/aromatic N) is 6. The van der Waals surface area contributed by atoms with Crippen LogP contribution in [0.15, 0.2) is 30.6 Å². The summed E-state index contributed by atoms with van der Waals surface area (Å²) in [5.41, 5.74) is -0.770. The van der Waals surface area contributed by atoms with Crippen molar-refractivity contribution in [2.24, 2.45) is 7.05 Å². The van der Waals surface area contributed by atoms with Crippen LogP contribution in [0.25, 0.3) is 22.3 Å². The number of likely N-dealkylation sites (tertiary alicyclic amines) is 1. The van der Waals surface area contributed by atoms with Crippen molar-refractivity contribution in [1.29, 1.82) is 5.26 Å². The number of nitrogens with one attached hydrogen (secondary N) is 1. The van der Waals surface area contributed by atoms with Gasteiger partial charge >= 0.3 is 12.2 Å². The van der Waals surface area contributed by atoms with E-state index in [4.69, 9.17) is 4.74 Å². The number of hydrogen-bond acceptors (Lipinski definition) is 7. The number of halogens is 3. The van der Waals surface area contributed by atoms with Gasteiger partial charge in [0.1, 0.15) is 29.5 Å². The second kappa shape index (κ2) is 9.29. The topological polar surface area (TPSA) is 116 Å². The average Bonchev–Trinajstić information content (AvgIpc) is 3.37. The predicted octanol–water partition coefficient (Wildman–Crippen LogP) is 2.92. The lowest BCUT2D eigenvalue weighted by atomic mass is 9.88. The highest BCUT2D eigenvalue weighted by atomic mass is 19.4. The second-order valence-corrected chi connectivity index (χ2v) is 9.52. The zero-order chi connectivity index (χ0) is 27.2. The van der Waals surface area contributed by atoms with Crippen LogP contribution in [0.4, 0.5) is 18.0 Å². The summed E-state index contributed by atoms with van der Waals surface area (Å²) in [6.45, 7) is 0.798. The first-order chi connectivity index (χ1) is 18.0. The molecule has 2 saturated heterocycles. The fourth-order valence-electron chi connectivity index (χ4n) is 4.86. The van der Waals surface area contributed by atoms with Crippen LogP contribution in [0.2, 0.25) is 0 Å². The predicted molar refractivity (Wildman–Crippen MR) is 129 cm³/mol. The van der Waals surface area contributed by atoms with E-state index in [1.54, 1.807) is 17.7 Å². The van der Waals surface area contributed by atoms with Crippen LogP contribution < -0.4 is 10.1 Å². The number of hydrogen-bond donors (Lipinski definition) is 1. The van der Waals surface area contributed by atoms with Gasteiger partial charge in [-0.25, -0.2) is 14.8 Å². The summed E-state index contributed by atoms with van der Waals surface area (Å²) >= 11 is 0. The number of nitriles is 1. The molecule has 1 aromatic carbocycles. The Labute approximate surface area is 215 Å². The fourth-order valence-corrected chi connectivity index (χ4v) is 4.86. The number of ether oxygens (including phenoxy) is 1. The molecule has 38 heavy (non-hydrogen) atoms. The van der Waals surface area contributed by atoms with Gasteiger partial charge in [-0.3, -0.25) is 9.69 Å². The number of aromatic nitrogens is 3. The molecule has 3 aromatic rings. The van der Waals surface area contributed by atoms with Gasteiger partial charge in [0.05, 0.1) is 29.6 Å². The Morgan fingerprint density at radius 3 is 2.61 bits per heavy atom. The van der Waals surface area contributed by atoms with Crippen LogP contribution in [0, 0.1) is 11.3 Å². The second-order valence-electron chi connectivity index (χ2n) is 9.52. The monoisotopic (exact) mass is 527 g/mol. The third kappa shape index (κ3) is 4.41. The van der Waals surface area contributed by atoms with E-state index in [9.17, 15) is 28.0 Å². The number of pyridine rings is 1. The molecule has 1 N–H and O–H groups in total. The minimum atomic E-state index is -4.75. The van der Waals surface area contributed by atoms with Crippen molar-refractivity contribution in [3.63, 3.8) is 0 Å². The summed E-state index contributed by atoms with van der Waals surface area (Å²) in [5, 5.41) is 12.2. The summed E-state index contributed by atoms with van der Waals surface area (Å²) in [6.07, 6.45) is -2.32. The lowest BCUT2D eigenvalue weighted by Crippen LogP contribution is -2.54. The van der Waals surface area contributed by atoms with Crippen molar-refractivity contribution >= 4 is 23.0 Å². The lowest BCUT2D eigenvalue weighted by Gasteiger charge is -2.35. The number of urea groups is 1. The zero-order valence-electron chi connectivity index (χ0n) is 20.7. The Morgan fingerprint density at radius 1 is 1.18 bits per heavy atom. The maximum atomic E-state index is 14.0. The molecule has 2 aromatic heterocycles. The van der Waals surface area contributed by atoms with Crippen LogP contribution >= 0.6 is 0 Å². The van der Waals surface area contributed by atoms with Gasteiger partial charge in [0.2, 0.25) is 0 Å². The highest BCUT2D eigenvalue weighted by Gasteiger charge is 2.51. The van der Waals surface area contributed by atoms with Crippen molar-refractivity contribution in [2.45, 2.75) is 24.6 Å².